The van der Waals surface area contributed by atoms with Crippen LogP contribution in [0.5, 0.6) is 0 Å². The Morgan fingerprint density at radius 3 is 3.00 bits per heavy atom. The summed E-state index contributed by atoms with van der Waals surface area (Å²) in [5, 5.41) is 5.19. The largest absolute Gasteiger partial charge is 0.358 e. The van der Waals surface area contributed by atoms with Crippen molar-refractivity contribution >= 4 is 16.8 Å². The van der Waals surface area contributed by atoms with Crippen LogP contribution in [-0.4, -0.2) is 32.5 Å². The monoisotopic (exact) mass is 350 g/mol. The SMILES string of the molecule is O=C(c1ccc2[nH]c3c(c2c1)CCCC3)N1CCCCC1c1ncon1. The molecule has 0 bridgehead atoms. The molecule has 1 aliphatic carbocycles. The Balaban J connectivity index is 1.51. The molecule has 134 valence electrons. The van der Waals surface area contributed by atoms with E-state index in [1.165, 1.54) is 35.9 Å². The van der Waals surface area contributed by atoms with Crippen molar-refractivity contribution in [2.45, 2.75) is 51.0 Å². The molecule has 1 saturated heterocycles. The number of carbonyl (C=O) groups is 1. The fourth-order valence-electron chi connectivity index (χ4n) is 4.47. The number of fused-ring (bicyclic) bond motifs is 3. The molecule has 1 atom stereocenters. The summed E-state index contributed by atoms with van der Waals surface area (Å²) in [6.45, 7) is 0.737. The number of hydrogen-bond donors (Lipinski definition) is 1. The lowest BCUT2D eigenvalue weighted by Crippen LogP contribution is -2.39. The van der Waals surface area contributed by atoms with Gasteiger partial charge < -0.3 is 14.4 Å². The van der Waals surface area contributed by atoms with Crippen LogP contribution in [0, 0.1) is 0 Å². The molecule has 1 aromatic carbocycles. The summed E-state index contributed by atoms with van der Waals surface area (Å²) >= 11 is 0. The first-order chi connectivity index (χ1) is 12.8. The molecule has 26 heavy (non-hydrogen) atoms. The van der Waals surface area contributed by atoms with Gasteiger partial charge in [-0.3, -0.25) is 4.79 Å². The molecular weight excluding hydrogens is 328 g/mol. The minimum Gasteiger partial charge on any atom is -0.358 e. The number of amides is 1. The Kier molecular flexibility index (Phi) is 3.76. The second-order valence-corrected chi connectivity index (χ2v) is 7.35. The fourth-order valence-corrected chi connectivity index (χ4v) is 4.47. The van der Waals surface area contributed by atoms with Crippen LogP contribution < -0.4 is 0 Å². The van der Waals surface area contributed by atoms with Gasteiger partial charge in [-0.15, -0.1) is 0 Å². The van der Waals surface area contributed by atoms with Gasteiger partial charge in [0, 0.05) is 28.7 Å². The van der Waals surface area contributed by atoms with Crippen molar-refractivity contribution in [3.8, 4) is 0 Å². The van der Waals surface area contributed by atoms with Crippen LogP contribution in [0.4, 0.5) is 0 Å². The van der Waals surface area contributed by atoms with Gasteiger partial charge in [0.05, 0.1) is 6.04 Å². The van der Waals surface area contributed by atoms with E-state index in [0.29, 0.717) is 5.82 Å². The topological polar surface area (TPSA) is 75.0 Å². The van der Waals surface area contributed by atoms with E-state index in [4.69, 9.17) is 4.52 Å². The van der Waals surface area contributed by atoms with Crippen molar-refractivity contribution in [3.63, 3.8) is 0 Å². The van der Waals surface area contributed by atoms with Gasteiger partial charge in [-0.2, -0.15) is 4.98 Å². The van der Waals surface area contributed by atoms with Crippen LogP contribution in [0.3, 0.4) is 0 Å². The van der Waals surface area contributed by atoms with Gasteiger partial charge in [-0.05, 0) is 68.7 Å². The van der Waals surface area contributed by atoms with Crippen molar-refractivity contribution in [2.75, 3.05) is 6.54 Å². The van der Waals surface area contributed by atoms with Crippen LogP contribution >= 0.6 is 0 Å². The van der Waals surface area contributed by atoms with E-state index >= 15 is 0 Å². The first kappa shape index (κ1) is 15.6. The van der Waals surface area contributed by atoms with E-state index in [0.717, 1.165) is 49.7 Å². The van der Waals surface area contributed by atoms with Crippen molar-refractivity contribution in [1.82, 2.24) is 20.0 Å². The fraction of sp³-hybridized carbons (Fsp3) is 0.450. The molecule has 0 saturated carbocycles. The maximum absolute atomic E-state index is 13.3. The van der Waals surface area contributed by atoms with Crippen LogP contribution in [0.15, 0.2) is 29.1 Å². The Bertz CT molecular complexity index is 944. The van der Waals surface area contributed by atoms with Gasteiger partial charge in [-0.25, -0.2) is 0 Å². The highest BCUT2D eigenvalue weighted by atomic mass is 16.5. The number of likely N-dealkylation sites (tertiary alicyclic amines) is 1. The minimum atomic E-state index is -0.0918. The molecule has 1 aliphatic heterocycles. The van der Waals surface area contributed by atoms with Crippen LogP contribution in [-0.2, 0) is 12.8 Å². The zero-order chi connectivity index (χ0) is 17.5. The molecule has 0 radical (unpaired) electrons. The number of carbonyl (C=O) groups excluding carboxylic acids is 1. The van der Waals surface area contributed by atoms with Crippen molar-refractivity contribution < 1.29 is 9.32 Å². The summed E-state index contributed by atoms with van der Waals surface area (Å²) in [4.78, 5) is 22.9. The molecule has 3 heterocycles. The number of hydrogen-bond acceptors (Lipinski definition) is 4. The molecule has 1 N–H and O–H groups in total. The highest BCUT2D eigenvalue weighted by molar-refractivity contribution is 5.99. The zero-order valence-electron chi connectivity index (χ0n) is 14.7. The number of H-pyrrole nitrogens is 1. The molecule has 2 aromatic heterocycles. The van der Waals surface area contributed by atoms with E-state index in [-0.39, 0.29) is 11.9 Å². The minimum absolute atomic E-state index is 0.0622. The molecular formula is C20H22N4O2. The van der Waals surface area contributed by atoms with Gasteiger partial charge in [-0.1, -0.05) is 5.16 Å². The maximum atomic E-state index is 13.3. The summed E-state index contributed by atoms with van der Waals surface area (Å²) in [5.74, 6) is 0.672. The zero-order valence-corrected chi connectivity index (χ0v) is 14.7. The van der Waals surface area contributed by atoms with Gasteiger partial charge in [0.1, 0.15) is 0 Å². The molecule has 1 amide bonds. The lowest BCUT2D eigenvalue weighted by molar-refractivity contribution is 0.0597. The highest BCUT2D eigenvalue weighted by Gasteiger charge is 2.31. The predicted molar refractivity (Wildman–Crippen MR) is 96.9 cm³/mol. The molecule has 5 rings (SSSR count). The predicted octanol–water partition coefficient (Wildman–Crippen LogP) is 3.80. The van der Waals surface area contributed by atoms with E-state index in [9.17, 15) is 4.79 Å². The molecule has 6 nitrogen and oxygen atoms in total. The third-order valence-electron chi connectivity index (χ3n) is 5.79. The number of rotatable bonds is 2. The number of benzene rings is 1. The number of nitrogens with one attached hydrogen (secondary N) is 1. The maximum Gasteiger partial charge on any atom is 0.254 e. The molecule has 1 unspecified atom stereocenters. The van der Waals surface area contributed by atoms with E-state index in [1.807, 2.05) is 17.0 Å². The normalized spacial score (nSPS) is 20.3. The van der Waals surface area contributed by atoms with Crippen LogP contribution in [0.1, 0.15) is 65.6 Å². The lowest BCUT2D eigenvalue weighted by atomic mass is 9.94. The number of piperidine rings is 1. The standard InChI is InChI=1S/C20H22N4O2/c25-20(24-10-4-3-7-18(24)19-21-12-26-23-19)13-8-9-17-15(11-13)14-5-1-2-6-16(14)22-17/h8-9,11-12,18,22H,1-7,10H2. The summed E-state index contributed by atoms with van der Waals surface area (Å²) < 4.78 is 4.91. The summed E-state index contributed by atoms with van der Waals surface area (Å²) in [6, 6.07) is 5.97. The molecule has 1 fully saturated rings. The average molecular weight is 350 g/mol. The summed E-state index contributed by atoms with van der Waals surface area (Å²) in [5.41, 5.74) is 4.63. The first-order valence-corrected chi connectivity index (χ1v) is 9.52. The third-order valence-corrected chi connectivity index (χ3v) is 5.79. The Morgan fingerprint density at radius 1 is 1.19 bits per heavy atom. The number of nitrogens with zero attached hydrogens (tertiary/aromatic N) is 3. The Morgan fingerprint density at radius 2 is 2.12 bits per heavy atom. The van der Waals surface area contributed by atoms with E-state index in [2.05, 4.69) is 21.2 Å². The quantitative estimate of drug-likeness (QED) is 0.763. The third kappa shape index (κ3) is 2.52. The second-order valence-electron chi connectivity index (χ2n) is 7.35. The van der Waals surface area contributed by atoms with Gasteiger partial charge in [0.25, 0.3) is 5.91 Å². The highest BCUT2D eigenvalue weighted by Crippen LogP contribution is 2.33. The summed E-state index contributed by atoms with van der Waals surface area (Å²) in [7, 11) is 0. The summed E-state index contributed by atoms with van der Waals surface area (Å²) in [6.07, 6.45) is 8.99. The van der Waals surface area contributed by atoms with Crippen molar-refractivity contribution in [3.05, 3.63) is 47.2 Å². The van der Waals surface area contributed by atoms with Gasteiger partial charge in [0.15, 0.2) is 5.82 Å². The Labute approximate surface area is 151 Å². The number of aromatic amines is 1. The van der Waals surface area contributed by atoms with E-state index < -0.39 is 0 Å². The molecule has 3 aromatic rings. The number of aryl methyl sites for hydroxylation is 2. The van der Waals surface area contributed by atoms with Gasteiger partial charge in [0.2, 0.25) is 6.39 Å². The van der Waals surface area contributed by atoms with Crippen LogP contribution in [0.2, 0.25) is 0 Å². The lowest BCUT2D eigenvalue weighted by Gasteiger charge is -2.33. The second kappa shape index (κ2) is 6.27. The van der Waals surface area contributed by atoms with E-state index in [1.54, 1.807) is 0 Å². The molecule has 2 aliphatic rings. The first-order valence-electron chi connectivity index (χ1n) is 9.52. The molecule has 6 heteroatoms. The van der Waals surface area contributed by atoms with Crippen molar-refractivity contribution in [1.29, 1.82) is 0 Å². The average Bonchev–Trinajstić information content (AvgIpc) is 3.35. The Hall–Kier alpha value is -2.63. The number of aromatic nitrogens is 3. The smallest absolute Gasteiger partial charge is 0.254 e. The molecule has 0 spiro atoms. The van der Waals surface area contributed by atoms with Crippen LogP contribution in [0.25, 0.3) is 10.9 Å². The van der Waals surface area contributed by atoms with Gasteiger partial charge >= 0.3 is 0 Å². The van der Waals surface area contributed by atoms with Crippen molar-refractivity contribution in [2.24, 2.45) is 0 Å².